The Labute approximate surface area is 319 Å². The van der Waals surface area contributed by atoms with Crippen molar-refractivity contribution >= 4 is 57.6 Å². The van der Waals surface area contributed by atoms with Gasteiger partial charge in [-0.15, -0.1) is 0 Å². The van der Waals surface area contributed by atoms with Gasteiger partial charge in [0.1, 0.15) is 0 Å². The SMILES string of the molecule is CC1=Cc2c(-c3cccc4ccccc34)ccc(C)c2[CH]1[Zr](=[SiH2])([Cl])([Cl])([CH2]c1ccccc1)[CH]1C(C)=Cc2c(-c3cccc4ccccc34)ccc(C)c21. The van der Waals surface area contributed by atoms with Crippen molar-refractivity contribution in [3.05, 3.63) is 190 Å². The Kier molecular flexibility index (Phi) is 7.99. The summed E-state index contributed by atoms with van der Waals surface area (Å²) in [6.07, 6.45) is 4.85. The Morgan fingerprint density at radius 3 is 1.36 bits per heavy atom. The fourth-order valence-corrected chi connectivity index (χ4v) is 44.4. The predicted octanol–water partition coefficient (Wildman–Crippen LogP) is 13.8. The second-order valence-electron chi connectivity index (χ2n) is 16.1. The minimum absolute atomic E-state index is 0.108. The molecule has 0 amide bonds. The number of halogens is 2. The number of allylic oxidation sites excluding steroid dienone is 2. The molecule has 0 nitrogen and oxygen atoms in total. The van der Waals surface area contributed by atoms with Gasteiger partial charge in [0.05, 0.1) is 0 Å². The molecule has 0 aromatic heterocycles. The van der Waals surface area contributed by atoms with Gasteiger partial charge >= 0.3 is 322 Å². The molecule has 0 radical (unpaired) electrons. The van der Waals surface area contributed by atoms with Crippen molar-refractivity contribution in [2.24, 2.45) is 0 Å². The summed E-state index contributed by atoms with van der Waals surface area (Å²) in [6.45, 7) is 11.1. The number of rotatable bonds is 6. The monoisotopic (exact) mass is 819 g/mol. The van der Waals surface area contributed by atoms with E-state index in [1.54, 1.807) is 0 Å². The van der Waals surface area contributed by atoms with Gasteiger partial charge in [0.2, 0.25) is 0 Å². The van der Waals surface area contributed by atoms with E-state index in [1.807, 2.05) is 6.88 Å². The minimum atomic E-state index is -5.84. The predicted molar refractivity (Wildman–Crippen MR) is 231 cm³/mol. The average Bonchev–Trinajstić information content (AvgIpc) is 3.72. The van der Waals surface area contributed by atoms with Crippen LogP contribution in [0.3, 0.4) is 0 Å². The second-order valence-corrected chi connectivity index (χ2v) is 63.2. The van der Waals surface area contributed by atoms with Gasteiger partial charge in [0, 0.05) is 0 Å². The van der Waals surface area contributed by atoms with Gasteiger partial charge in [-0.05, 0) is 0 Å². The Balaban J connectivity index is 1.33. The van der Waals surface area contributed by atoms with Crippen LogP contribution in [0.4, 0.5) is 0 Å². The third-order valence-electron chi connectivity index (χ3n) is 12.5. The van der Waals surface area contributed by atoms with E-state index in [0.717, 1.165) is 0 Å². The van der Waals surface area contributed by atoms with Crippen molar-refractivity contribution in [1.29, 1.82) is 0 Å². The molecule has 53 heavy (non-hydrogen) atoms. The van der Waals surface area contributed by atoms with Crippen LogP contribution in [-0.2, 0) is 17.7 Å². The molecule has 7 aromatic carbocycles. The third-order valence-corrected chi connectivity index (χ3v) is 40.3. The topological polar surface area (TPSA) is 0 Å². The van der Waals surface area contributed by atoms with Crippen LogP contribution < -0.4 is 0 Å². The molecular weight excluding hydrogens is 779 g/mol. The Morgan fingerprint density at radius 2 is 0.887 bits per heavy atom. The van der Waals surface area contributed by atoms with E-state index in [9.17, 15) is 0 Å². The van der Waals surface area contributed by atoms with Gasteiger partial charge in [0.25, 0.3) is 0 Å². The first-order valence-electron chi connectivity index (χ1n) is 18.7. The van der Waals surface area contributed by atoms with Gasteiger partial charge < -0.3 is 0 Å². The molecule has 2 aliphatic rings. The van der Waals surface area contributed by atoms with Gasteiger partial charge in [0.15, 0.2) is 0 Å². The van der Waals surface area contributed by atoms with E-state index in [2.05, 4.69) is 179 Å². The van der Waals surface area contributed by atoms with Crippen LogP contribution in [0, 0.1) is 13.8 Å². The number of benzene rings is 7. The molecule has 9 rings (SSSR count). The standard InChI is InChI=1S/2C21H17.C7H7.2ClH.H2Si.Zr/c2*1-14-12-20-15(2)10-11-19(21(20)13-14)18-9-5-7-16-6-3-4-8-17(16)18;1-7-5-3-2-4-6-7;;;;/h2*3-13H,1-2H3;2-6H,1H2;2*1H;1H2;/q;;;;;;+2/p-2. The number of aryl methyl sites for hydroxylation is 2. The maximum absolute atomic E-state index is 9.07. The van der Waals surface area contributed by atoms with Crippen molar-refractivity contribution in [1.82, 2.24) is 0 Å². The van der Waals surface area contributed by atoms with E-state index < -0.39 is 13.5 Å². The quantitative estimate of drug-likeness (QED) is 0.147. The van der Waals surface area contributed by atoms with Crippen LogP contribution in [0.25, 0.3) is 56.0 Å². The van der Waals surface area contributed by atoms with Crippen LogP contribution in [0.2, 0.25) is 0 Å². The molecule has 2 atom stereocenters. The molecule has 4 heteroatoms. The number of hydrogen-bond acceptors (Lipinski definition) is 0. The average molecular weight is 822 g/mol. The molecule has 0 fully saturated rings. The first kappa shape index (κ1) is 35.0. The summed E-state index contributed by atoms with van der Waals surface area (Å²) >= 11 is -5.84. The van der Waals surface area contributed by atoms with E-state index in [-0.39, 0.29) is 7.25 Å². The normalized spacial score (nSPS) is 17.9. The Bertz CT molecular complexity index is 2660. The molecule has 0 spiro atoms. The van der Waals surface area contributed by atoms with Crippen LogP contribution >= 0.6 is 17.0 Å². The number of hydrogen-bond donors (Lipinski definition) is 0. The molecule has 261 valence electrons. The summed E-state index contributed by atoms with van der Waals surface area (Å²) in [5, 5.41) is 5.00. The van der Waals surface area contributed by atoms with Crippen LogP contribution in [0.15, 0.2) is 151 Å². The fourth-order valence-electron chi connectivity index (χ4n) is 10.6. The molecule has 2 unspecified atom stereocenters. The fraction of sp³-hybridized carbons (Fsp3) is 0.143. The molecule has 0 heterocycles. The molecule has 2 aliphatic carbocycles. The van der Waals surface area contributed by atoms with Crippen LogP contribution in [0.5, 0.6) is 0 Å². The van der Waals surface area contributed by atoms with Crippen molar-refractivity contribution in [3.63, 3.8) is 0 Å². The van der Waals surface area contributed by atoms with E-state index in [4.69, 9.17) is 17.0 Å². The van der Waals surface area contributed by atoms with Gasteiger partial charge in [-0.2, -0.15) is 0 Å². The van der Waals surface area contributed by atoms with E-state index in [1.165, 1.54) is 93.9 Å². The summed E-state index contributed by atoms with van der Waals surface area (Å²) in [6, 6.07) is 50.8. The zero-order valence-corrected chi connectivity index (χ0v) is 36.1. The van der Waals surface area contributed by atoms with Gasteiger partial charge in [-0.3, -0.25) is 0 Å². The van der Waals surface area contributed by atoms with Gasteiger partial charge in [-0.1, -0.05) is 0 Å². The molecular formula is C49H43Cl2SiZr. The molecule has 0 saturated carbocycles. The Hall–Kier alpha value is -3.78. The summed E-state index contributed by atoms with van der Waals surface area (Å²) < 4.78 is 0.440. The van der Waals surface area contributed by atoms with Crippen molar-refractivity contribution < 1.29 is 13.5 Å². The van der Waals surface area contributed by atoms with Crippen LogP contribution in [-0.4, -0.2) is 6.88 Å². The summed E-state index contributed by atoms with van der Waals surface area (Å²) in [7, 11) is 18.1. The van der Waals surface area contributed by atoms with Crippen molar-refractivity contribution in [2.75, 3.05) is 0 Å². The summed E-state index contributed by atoms with van der Waals surface area (Å²) in [5.41, 5.74) is 16.4. The maximum atomic E-state index is 9.07. The molecule has 0 saturated heterocycles. The first-order chi connectivity index (χ1) is 25.4. The zero-order chi connectivity index (χ0) is 36.8. The molecule has 7 aromatic rings. The zero-order valence-electron chi connectivity index (χ0n) is 30.8. The van der Waals surface area contributed by atoms with Crippen LogP contribution in [0.1, 0.15) is 60.0 Å². The summed E-state index contributed by atoms with van der Waals surface area (Å²) in [5.74, 6) is 0. The molecule has 0 bridgehead atoms. The summed E-state index contributed by atoms with van der Waals surface area (Å²) in [4.78, 5) is 0. The van der Waals surface area contributed by atoms with Crippen molar-refractivity contribution in [2.45, 2.75) is 39.1 Å². The number of fused-ring (bicyclic) bond motifs is 4. The van der Waals surface area contributed by atoms with Crippen molar-refractivity contribution in [3.8, 4) is 22.3 Å². The molecule has 0 N–H and O–H groups in total. The Morgan fingerprint density at radius 1 is 0.472 bits per heavy atom. The third kappa shape index (κ3) is 5.31. The first-order valence-corrected chi connectivity index (χ1v) is 35.5. The second kappa shape index (κ2) is 12.1. The van der Waals surface area contributed by atoms with E-state index >= 15 is 0 Å². The van der Waals surface area contributed by atoms with Gasteiger partial charge in [-0.25, -0.2) is 0 Å². The van der Waals surface area contributed by atoms with E-state index in [0.29, 0.717) is 4.13 Å². The molecule has 0 aliphatic heterocycles.